The van der Waals surface area contributed by atoms with Gasteiger partial charge in [0, 0.05) is 19.1 Å². The lowest BCUT2D eigenvalue weighted by atomic mass is 9.95. The summed E-state index contributed by atoms with van der Waals surface area (Å²) in [5.74, 6) is 1.24. The van der Waals surface area contributed by atoms with Gasteiger partial charge in [-0.05, 0) is 44.7 Å². The number of fused-ring (bicyclic) bond motifs is 1. The van der Waals surface area contributed by atoms with Crippen molar-refractivity contribution < 1.29 is 4.74 Å². The van der Waals surface area contributed by atoms with Crippen LogP contribution in [0.5, 0.6) is 5.88 Å². The molecule has 2 aliphatic rings. The van der Waals surface area contributed by atoms with E-state index in [1.807, 2.05) is 23.7 Å². The molecule has 2 N–H and O–H groups in total. The molecule has 0 aromatic carbocycles. The average molecular weight is 438 g/mol. The molecule has 170 valence electrons. The van der Waals surface area contributed by atoms with Crippen molar-refractivity contribution in [3.63, 3.8) is 0 Å². The first-order valence-electron chi connectivity index (χ1n) is 11.6. The maximum atomic E-state index is 13.7. The van der Waals surface area contributed by atoms with Crippen molar-refractivity contribution in [3.05, 3.63) is 34.5 Å². The van der Waals surface area contributed by atoms with E-state index in [0.717, 1.165) is 50.3 Å². The van der Waals surface area contributed by atoms with Crippen LogP contribution in [0.1, 0.15) is 56.7 Å². The molecular weight excluding hydrogens is 406 g/mol. The van der Waals surface area contributed by atoms with E-state index in [0.29, 0.717) is 22.6 Å². The van der Waals surface area contributed by atoms with Crippen molar-refractivity contribution in [1.82, 2.24) is 24.3 Å². The van der Waals surface area contributed by atoms with Gasteiger partial charge in [-0.25, -0.2) is 4.98 Å². The number of ether oxygens (including phenoxy) is 1. The summed E-state index contributed by atoms with van der Waals surface area (Å²) in [4.78, 5) is 25.2. The van der Waals surface area contributed by atoms with Crippen LogP contribution in [0.4, 0.5) is 5.82 Å². The monoisotopic (exact) mass is 437 g/mol. The second-order valence-electron chi connectivity index (χ2n) is 8.96. The van der Waals surface area contributed by atoms with E-state index in [4.69, 9.17) is 20.6 Å². The highest BCUT2D eigenvalue weighted by molar-refractivity contribution is 5.77. The SMILES string of the molecule is COc1nc(N2CCC(N)CC2)ccc1-n1cnc2c(C)nn(C3CCCCC3)c2c1=O. The zero-order valence-electron chi connectivity index (χ0n) is 18.8. The fraction of sp³-hybridized carbons (Fsp3) is 0.565. The van der Waals surface area contributed by atoms with Gasteiger partial charge in [0.15, 0.2) is 5.52 Å². The van der Waals surface area contributed by atoms with Crippen LogP contribution >= 0.6 is 0 Å². The zero-order chi connectivity index (χ0) is 22.2. The van der Waals surface area contributed by atoms with Crippen molar-refractivity contribution in [2.24, 2.45) is 5.73 Å². The lowest BCUT2D eigenvalue weighted by Crippen LogP contribution is -2.40. The standard InChI is InChI=1S/C23H31N7O2/c1-15-20-21(30(27-15)17-6-4-3-5-7-17)23(31)29(14-25-20)18-8-9-19(26-22(18)32-2)28-12-10-16(24)11-13-28/h8-9,14,16-17H,3-7,10-13,24H2,1-2H3. The number of aryl methyl sites for hydroxylation is 1. The van der Waals surface area contributed by atoms with E-state index in [1.54, 1.807) is 13.4 Å². The molecule has 0 atom stereocenters. The number of aromatic nitrogens is 5. The molecule has 0 unspecified atom stereocenters. The smallest absolute Gasteiger partial charge is 0.284 e. The molecule has 4 heterocycles. The summed E-state index contributed by atoms with van der Waals surface area (Å²) in [5.41, 5.74) is 8.50. The molecule has 0 radical (unpaired) electrons. The first kappa shape index (κ1) is 20.9. The summed E-state index contributed by atoms with van der Waals surface area (Å²) in [5, 5.41) is 4.71. The van der Waals surface area contributed by atoms with E-state index >= 15 is 0 Å². The molecule has 9 nitrogen and oxygen atoms in total. The fourth-order valence-electron chi connectivity index (χ4n) is 5.00. The number of anilines is 1. The van der Waals surface area contributed by atoms with Crippen LogP contribution in [-0.2, 0) is 0 Å². The molecule has 5 rings (SSSR count). The predicted molar refractivity (Wildman–Crippen MR) is 124 cm³/mol. The largest absolute Gasteiger partial charge is 0.479 e. The Kier molecular flexibility index (Phi) is 5.58. The lowest BCUT2D eigenvalue weighted by molar-refractivity contribution is 0.335. The summed E-state index contributed by atoms with van der Waals surface area (Å²) in [6, 6.07) is 4.33. The summed E-state index contributed by atoms with van der Waals surface area (Å²) in [6.45, 7) is 3.65. The molecule has 2 fully saturated rings. The Hall–Kier alpha value is -2.94. The van der Waals surface area contributed by atoms with Crippen LogP contribution in [0, 0.1) is 6.92 Å². The molecule has 0 amide bonds. The van der Waals surface area contributed by atoms with Gasteiger partial charge in [0.2, 0.25) is 5.88 Å². The first-order chi connectivity index (χ1) is 15.6. The van der Waals surface area contributed by atoms with Crippen molar-refractivity contribution in [2.45, 2.75) is 64.0 Å². The highest BCUT2D eigenvalue weighted by Crippen LogP contribution is 2.31. The number of nitrogens with two attached hydrogens (primary N) is 1. The Morgan fingerprint density at radius 2 is 1.84 bits per heavy atom. The number of piperidine rings is 1. The van der Waals surface area contributed by atoms with E-state index in [-0.39, 0.29) is 17.6 Å². The molecule has 3 aromatic rings. The van der Waals surface area contributed by atoms with Gasteiger partial charge in [0.1, 0.15) is 23.3 Å². The molecule has 3 aromatic heterocycles. The number of hydrogen-bond acceptors (Lipinski definition) is 7. The van der Waals surface area contributed by atoms with Crippen LogP contribution < -0.4 is 20.9 Å². The number of hydrogen-bond donors (Lipinski definition) is 1. The van der Waals surface area contributed by atoms with Gasteiger partial charge in [0.05, 0.1) is 18.8 Å². The van der Waals surface area contributed by atoms with Gasteiger partial charge in [-0.2, -0.15) is 10.1 Å². The zero-order valence-corrected chi connectivity index (χ0v) is 18.8. The van der Waals surface area contributed by atoms with Crippen LogP contribution in [-0.4, -0.2) is 50.6 Å². The van der Waals surface area contributed by atoms with Crippen LogP contribution in [0.2, 0.25) is 0 Å². The van der Waals surface area contributed by atoms with Gasteiger partial charge in [-0.15, -0.1) is 0 Å². The molecule has 1 aliphatic carbocycles. The Morgan fingerprint density at radius 3 is 2.56 bits per heavy atom. The minimum absolute atomic E-state index is 0.141. The fourth-order valence-corrected chi connectivity index (χ4v) is 5.00. The topological polar surface area (TPSA) is 104 Å². The summed E-state index contributed by atoms with van der Waals surface area (Å²) in [6.07, 6.45) is 9.11. The van der Waals surface area contributed by atoms with Crippen LogP contribution in [0.25, 0.3) is 16.7 Å². The minimum Gasteiger partial charge on any atom is -0.479 e. The molecule has 32 heavy (non-hydrogen) atoms. The van der Waals surface area contributed by atoms with E-state index in [1.165, 1.54) is 23.8 Å². The summed E-state index contributed by atoms with van der Waals surface area (Å²) in [7, 11) is 1.58. The van der Waals surface area contributed by atoms with Crippen molar-refractivity contribution in [2.75, 3.05) is 25.1 Å². The molecule has 1 aliphatic heterocycles. The summed E-state index contributed by atoms with van der Waals surface area (Å²) < 4.78 is 9.05. The number of methoxy groups -OCH3 is 1. The Balaban J connectivity index is 1.57. The normalized spacial score (nSPS) is 18.4. The highest BCUT2D eigenvalue weighted by Gasteiger charge is 2.24. The predicted octanol–water partition coefficient (Wildman–Crippen LogP) is 2.73. The van der Waals surface area contributed by atoms with Gasteiger partial charge in [-0.3, -0.25) is 14.0 Å². The molecular formula is C23H31N7O2. The van der Waals surface area contributed by atoms with E-state index in [9.17, 15) is 4.79 Å². The first-order valence-corrected chi connectivity index (χ1v) is 11.6. The highest BCUT2D eigenvalue weighted by atomic mass is 16.5. The Labute approximate surface area is 187 Å². The van der Waals surface area contributed by atoms with Crippen molar-refractivity contribution in [3.8, 4) is 11.6 Å². The van der Waals surface area contributed by atoms with Crippen LogP contribution in [0.15, 0.2) is 23.3 Å². The quantitative estimate of drug-likeness (QED) is 0.669. The molecule has 0 bridgehead atoms. The Bertz CT molecular complexity index is 1170. The minimum atomic E-state index is -0.141. The maximum absolute atomic E-state index is 13.7. The molecule has 0 spiro atoms. The third kappa shape index (κ3) is 3.64. The van der Waals surface area contributed by atoms with Crippen molar-refractivity contribution in [1.29, 1.82) is 0 Å². The number of pyridine rings is 1. The maximum Gasteiger partial charge on any atom is 0.284 e. The van der Waals surface area contributed by atoms with Gasteiger partial charge >= 0.3 is 0 Å². The molecule has 1 saturated heterocycles. The summed E-state index contributed by atoms with van der Waals surface area (Å²) >= 11 is 0. The molecule has 9 heteroatoms. The average Bonchev–Trinajstić information content (AvgIpc) is 3.17. The number of nitrogens with zero attached hydrogens (tertiary/aromatic N) is 6. The van der Waals surface area contributed by atoms with E-state index in [2.05, 4.69) is 9.88 Å². The molecule has 1 saturated carbocycles. The van der Waals surface area contributed by atoms with Gasteiger partial charge in [-0.1, -0.05) is 19.3 Å². The number of rotatable bonds is 4. The third-order valence-corrected chi connectivity index (χ3v) is 6.84. The van der Waals surface area contributed by atoms with Crippen LogP contribution in [0.3, 0.4) is 0 Å². The lowest BCUT2D eigenvalue weighted by Gasteiger charge is -2.31. The third-order valence-electron chi connectivity index (χ3n) is 6.84. The second-order valence-corrected chi connectivity index (χ2v) is 8.96. The Morgan fingerprint density at radius 1 is 1.09 bits per heavy atom. The van der Waals surface area contributed by atoms with Gasteiger partial charge in [0.25, 0.3) is 5.56 Å². The van der Waals surface area contributed by atoms with Gasteiger partial charge < -0.3 is 15.4 Å². The van der Waals surface area contributed by atoms with E-state index < -0.39 is 0 Å². The van der Waals surface area contributed by atoms with Crippen molar-refractivity contribution >= 4 is 16.9 Å². The second kappa shape index (κ2) is 8.54.